The van der Waals surface area contributed by atoms with Crippen molar-refractivity contribution in [1.29, 1.82) is 0 Å². The zero-order valence-electron chi connectivity index (χ0n) is 17.5. The van der Waals surface area contributed by atoms with Crippen molar-refractivity contribution in [2.75, 3.05) is 0 Å². The third-order valence-electron chi connectivity index (χ3n) is 4.77. The number of non-ortho nitro benzene ring substituents is 1. The summed E-state index contributed by atoms with van der Waals surface area (Å²) < 4.78 is 7.91. The number of halogens is 1. The highest BCUT2D eigenvalue weighted by Crippen LogP contribution is 2.24. The van der Waals surface area contributed by atoms with E-state index in [0.29, 0.717) is 34.5 Å². The van der Waals surface area contributed by atoms with E-state index < -0.39 is 4.92 Å². The molecule has 8 nitrogen and oxygen atoms in total. The first-order valence-corrected chi connectivity index (χ1v) is 10.8. The average Bonchev–Trinajstić information content (AvgIpc) is 2.74. The molecule has 0 unspecified atom stereocenters. The van der Waals surface area contributed by atoms with Crippen LogP contribution in [-0.2, 0) is 6.42 Å². The number of rotatable bonds is 8. The molecule has 9 heteroatoms. The van der Waals surface area contributed by atoms with Gasteiger partial charge in [0.1, 0.15) is 11.6 Å². The molecule has 0 spiro atoms. The van der Waals surface area contributed by atoms with E-state index in [1.807, 2.05) is 26.8 Å². The molecule has 0 saturated heterocycles. The van der Waals surface area contributed by atoms with Crippen LogP contribution >= 0.6 is 15.9 Å². The molecule has 0 amide bonds. The summed E-state index contributed by atoms with van der Waals surface area (Å²) in [5.74, 6) is 0.985. The van der Waals surface area contributed by atoms with E-state index in [2.05, 4.69) is 26.0 Å². The lowest BCUT2D eigenvalue weighted by Crippen LogP contribution is -2.22. The Kier molecular flexibility index (Phi) is 7.17. The normalized spacial score (nSPS) is 12.4. The van der Waals surface area contributed by atoms with Gasteiger partial charge >= 0.3 is 0 Å². The fraction of sp³-hybridized carbons (Fsp3) is 0.318. The molecule has 2 aromatic carbocycles. The van der Waals surface area contributed by atoms with Gasteiger partial charge in [-0.2, -0.15) is 9.78 Å². The quantitative estimate of drug-likeness (QED) is 0.251. The maximum atomic E-state index is 13.1. The van der Waals surface area contributed by atoms with Gasteiger partial charge in [-0.1, -0.05) is 29.8 Å². The molecule has 162 valence electrons. The summed E-state index contributed by atoms with van der Waals surface area (Å²) in [6.07, 6.45) is 3.45. The zero-order chi connectivity index (χ0) is 22.5. The maximum absolute atomic E-state index is 13.1. The highest BCUT2D eigenvalue weighted by molar-refractivity contribution is 9.10. The number of fused-ring (bicyclic) bond motifs is 1. The summed E-state index contributed by atoms with van der Waals surface area (Å²) in [5.41, 5.74) is 0.623. The van der Waals surface area contributed by atoms with Crippen molar-refractivity contribution in [2.45, 2.75) is 46.1 Å². The second-order valence-electron chi connectivity index (χ2n) is 7.12. The first-order valence-electron chi connectivity index (χ1n) is 10.0. The number of hydrogen-bond acceptors (Lipinski definition) is 6. The van der Waals surface area contributed by atoms with Gasteiger partial charge in [0.05, 0.1) is 28.1 Å². The SMILES string of the molecule is CCCc1nc2ccc(Br)cc2c(=O)n1N=Cc1cc([N+](=O)[O-])ccc1O[C@H](C)CC. The summed E-state index contributed by atoms with van der Waals surface area (Å²) in [4.78, 5) is 28.5. The van der Waals surface area contributed by atoms with Crippen molar-refractivity contribution in [3.63, 3.8) is 0 Å². The summed E-state index contributed by atoms with van der Waals surface area (Å²) in [6.45, 7) is 5.89. The van der Waals surface area contributed by atoms with Gasteiger partial charge in [-0.15, -0.1) is 0 Å². The first kappa shape index (κ1) is 22.6. The topological polar surface area (TPSA) is 99.6 Å². The minimum atomic E-state index is -0.478. The molecule has 0 aliphatic carbocycles. The van der Waals surface area contributed by atoms with Crippen LogP contribution in [0.25, 0.3) is 10.9 Å². The number of benzene rings is 2. The first-order chi connectivity index (χ1) is 14.8. The molecular weight excluding hydrogens is 464 g/mol. The fourth-order valence-corrected chi connectivity index (χ4v) is 3.34. The van der Waals surface area contributed by atoms with Gasteiger partial charge in [-0.25, -0.2) is 4.98 Å². The van der Waals surface area contributed by atoms with Crippen LogP contribution in [0.15, 0.2) is 50.8 Å². The van der Waals surface area contributed by atoms with Crippen molar-refractivity contribution >= 4 is 38.7 Å². The predicted octanol–water partition coefficient (Wildman–Crippen LogP) is 5.08. The summed E-state index contributed by atoms with van der Waals surface area (Å²) in [7, 11) is 0. The molecule has 3 aromatic rings. The summed E-state index contributed by atoms with van der Waals surface area (Å²) >= 11 is 3.38. The lowest BCUT2D eigenvalue weighted by Gasteiger charge is -2.14. The minimum absolute atomic E-state index is 0.0772. The second kappa shape index (κ2) is 9.82. The van der Waals surface area contributed by atoms with Gasteiger partial charge in [-0.05, 0) is 44.0 Å². The molecule has 3 rings (SSSR count). The van der Waals surface area contributed by atoms with E-state index in [1.54, 1.807) is 18.2 Å². The largest absolute Gasteiger partial charge is 0.490 e. The van der Waals surface area contributed by atoms with Crippen molar-refractivity contribution in [2.24, 2.45) is 5.10 Å². The predicted molar refractivity (Wildman–Crippen MR) is 124 cm³/mol. The zero-order valence-corrected chi connectivity index (χ0v) is 19.1. The van der Waals surface area contributed by atoms with Gasteiger partial charge in [0.2, 0.25) is 0 Å². The Labute approximate surface area is 187 Å². The standard InChI is InChI=1S/C22H23BrN4O4/c1-4-6-21-25-19-9-7-16(23)12-18(19)22(28)26(21)24-13-15-11-17(27(29)30)8-10-20(15)31-14(3)5-2/h7-14H,4-6H2,1-3H3/t14-/m1/s1. The van der Waals surface area contributed by atoms with E-state index in [0.717, 1.165) is 17.3 Å². The van der Waals surface area contributed by atoms with Crippen LogP contribution in [-0.4, -0.2) is 26.9 Å². The van der Waals surface area contributed by atoms with Crippen molar-refractivity contribution < 1.29 is 9.66 Å². The molecule has 0 aliphatic heterocycles. The number of ether oxygens (including phenoxy) is 1. The van der Waals surface area contributed by atoms with E-state index in [4.69, 9.17) is 4.74 Å². The van der Waals surface area contributed by atoms with Crippen molar-refractivity contribution in [3.8, 4) is 5.75 Å². The Balaban J connectivity index is 2.14. The molecule has 0 fully saturated rings. The van der Waals surface area contributed by atoms with Crippen LogP contribution in [0.2, 0.25) is 0 Å². The second-order valence-corrected chi connectivity index (χ2v) is 8.03. The number of aromatic nitrogens is 2. The molecule has 0 N–H and O–H groups in total. The number of hydrogen-bond donors (Lipinski definition) is 0. The molecule has 31 heavy (non-hydrogen) atoms. The summed E-state index contributed by atoms with van der Waals surface area (Å²) in [6, 6.07) is 9.65. The van der Waals surface area contributed by atoms with Crippen LogP contribution in [0.1, 0.15) is 45.0 Å². The van der Waals surface area contributed by atoms with Crippen molar-refractivity contribution in [3.05, 3.63) is 72.7 Å². The smallest absolute Gasteiger partial charge is 0.282 e. The number of nitro groups is 1. The third kappa shape index (κ3) is 5.16. The van der Waals surface area contributed by atoms with E-state index in [-0.39, 0.29) is 17.4 Å². The highest BCUT2D eigenvalue weighted by atomic mass is 79.9. The number of nitro benzene ring substituents is 1. The van der Waals surface area contributed by atoms with Crippen LogP contribution in [0.5, 0.6) is 5.75 Å². The van der Waals surface area contributed by atoms with Crippen molar-refractivity contribution in [1.82, 2.24) is 9.66 Å². The minimum Gasteiger partial charge on any atom is -0.490 e. The van der Waals surface area contributed by atoms with Crippen LogP contribution in [0.4, 0.5) is 5.69 Å². The molecular formula is C22H23BrN4O4. The highest BCUT2D eigenvalue weighted by Gasteiger charge is 2.14. The van der Waals surface area contributed by atoms with Crippen LogP contribution in [0, 0.1) is 10.1 Å². The van der Waals surface area contributed by atoms with E-state index in [1.165, 1.54) is 23.0 Å². The van der Waals surface area contributed by atoms with Gasteiger partial charge in [0.25, 0.3) is 11.2 Å². The van der Waals surface area contributed by atoms with Gasteiger partial charge in [0.15, 0.2) is 0 Å². The summed E-state index contributed by atoms with van der Waals surface area (Å²) in [5, 5.41) is 16.0. The number of aryl methyl sites for hydroxylation is 1. The Morgan fingerprint density at radius 1 is 1.29 bits per heavy atom. The third-order valence-corrected chi connectivity index (χ3v) is 5.26. The molecule has 1 heterocycles. The van der Waals surface area contributed by atoms with Crippen LogP contribution < -0.4 is 10.3 Å². The lowest BCUT2D eigenvalue weighted by molar-refractivity contribution is -0.384. The van der Waals surface area contributed by atoms with Gasteiger partial charge < -0.3 is 4.74 Å². The molecule has 1 aromatic heterocycles. The monoisotopic (exact) mass is 486 g/mol. The molecule has 0 bridgehead atoms. The fourth-order valence-electron chi connectivity index (χ4n) is 2.98. The lowest BCUT2D eigenvalue weighted by atomic mass is 10.2. The van der Waals surface area contributed by atoms with Crippen LogP contribution in [0.3, 0.4) is 0 Å². The molecule has 0 radical (unpaired) electrons. The van der Waals surface area contributed by atoms with E-state index in [9.17, 15) is 14.9 Å². The Morgan fingerprint density at radius 2 is 2.06 bits per heavy atom. The Bertz CT molecular complexity index is 1210. The molecule has 0 saturated carbocycles. The maximum Gasteiger partial charge on any atom is 0.282 e. The van der Waals surface area contributed by atoms with Gasteiger partial charge in [-0.3, -0.25) is 14.9 Å². The number of nitrogens with zero attached hydrogens (tertiary/aromatic N) is 4. The van der Waals surface area contributed by atoms with Gasteiger partial charge in [0, 0.05) is 28.6 Å². The van der Waals surface area contributed by atoms with E-state index >= 15 is 0 Å². The Morgan fingerprint density at radius 3 is 2.74 bits per heavy atom. The Hall–Kier alpha value is -3.07. The molecule has 0 aliphatic rings. The molecule has 1 atom stereocenters. The average molecular weight is 487 g/mol.